The fraction of sp³-hybridized carbons (Fsp3) is 0.300. The zero-order valence-electron chi connectivity index (χ0n) is 16.2. The molecule has 0 unspecified atom stereocenters. The number of carboxylic acid groups (broad SMARTS) is 1. The van der Waals surface area contributed by atoms with Crippen LogP contribution in [-0.2, 0) is 26.0 Å². The molecule has 160 valence electrons. The number of aliphatic carboxylic acids is 1. The summed E-state index contributed by atoms with van der Waals surface area (Å²) in [6.07, 6.45) is -0.242. The van der Waals surface area contributed by atoms with Gasteiger partial charge in [0, 0.05) is 24.7 Å². The lowest BCUT2D eigenvalue weighted by Crippen LogP contribution is -2.33. The minimum absolute atomic E-state index is 0.126. The monoisotopic (exact) mass is 438 g/mol. The molecule has 2 N–H and O–H groups in total. The van der Waals surface area contributed by atoms with Gasteiger partial charge in [-0.15, -0.1) is 0 Å². The zero-order chi connectivity index (χ0) is 22.2. The minimum Gasteiger partial charge on any atom is -0.481 e. The van der Waals surface area contributed by atoms with Crippen molar-refractivity contribution in [3.8, 4) is 0 Å². The SMILES string of the molecule is CC(=O)N1c2ccc(S(=O)(=O)N[C@@H](CC(=O)O)c3cc(F)cc(F)c3)cc2C[C@H]1C. The summed E-state index contributed by atoms with van der Waals surface area (Å²) in [7, 11) is -4.22. The predicted octanol–water partition coefficient (Wildman–Crippen LogP) is 2.76. The molecule has 3 rings (SSSR count). The first-order chi connectivity index (χ1) is 14.0. The zero-order valence-corrected chi connectivity index (χ0v) is 17.0. The second kappa shape index (κ2) is 8.11. The Morgan fingerprint density at radius 1 is 1.20 bits per heavy atom. The van der Waals surface area contributed by atoms with Gasteiger partial charge in [-0.3, -0.25) is 9.59 Å². The van der Waals surface area contributed by atoms with Gasteiger partial charge >= 0.3 is 5.97 Å². The van der Waals surface area contributed by atoms with Crippen molar-refractivity contribution in [3.63, 3.8) is 0 Å². The Morgan fingerprint density at radius 3 is 2.40 bits per heavy atom. The lowest BCUT2D eigenvalue weighted by Gasteiger charge is -2.21. The van der Waals surface area contributed by atoms with Crippen LogP contribution in [-0.4, -0.2) is 31.4 Å². The van der Waals surface area contributed by atoms with E-state index in [9.17, 15) is 26.8 Å². The number of sulfonamides is 1. The van der Waals surface area contributed by atoms with Gasteiger partial charge in [-0.25, -0.2) is 21.9 Å². The molecule has 1 aliphatic heterocycles. The molecule has 2 aromatic rings. The molecule has 0 aromatic heterocycles. The van der Waals surface area contributed by atoms with E-state index in [-0.39, 0.29) is 22.4 Å². The van der Waals surface area contributed by atoms with Crippen molar-refractivity contribution in [1.82, 2.24) is 4.72 Å². The third kappa shape index (κ3) is 4.49. The van der Waals surface area contributed by atoms with E-state index >= 15 is 0 Å². The first-order valence-electron chi connectivity index (χ1n) is 9.11. The van der Waals surface area contributed by atoms with Gasteiger partial charge in [0.25, 0.3) is 0 Å². The molecular weight excluding hydrogens is 418 g/mol. The summed E-state index contributed by atoms with van der Waals surface area (Å²) in [6, 6.07) is 5.11. The van der Waals surface area contributed by atoms with Crippen molar-refractivity contribution >= 4 is 27.6 Å². The number of fused-ring (bicyclic) bond motifs is 1. The van der Waals surface area contributed by atoms with E-state index in [1.807, 2.05) is 6.92 Å². The smallest absolute Gasteiger partial charge is 0.305 e. The molecule has 0 spiro atoms. The van der Waals surface area contributed by atoms with Gasteiger partial charge in [0.15, 0.2) is 0 Å². The highest BCUT2D eigenvalue weighted by Crippen LogP contribution is 2.34. The van der Waals surface area contributed by atoms with Crippen molar-refractivity contribution in [1.29, 1.82) is 0 Å². The van der Waals surface area contributed by atoms with Crippen LogP contribution in [0.3, 0.4) is 0 Å². The third-order valence-corrected chi connectivity index (χ3v) is 6.35. The van der Waals surface area contributed by atoms with Crippen LogP contribution in [0.25, 0.3) is 0 Å². The van der Waals surface area contributed by atoms with Crippen LogP contribution in [0.4, 0.5) is 14.5 Å². The number of nitrogens with zero attached hydrogens (tertiary/aromatic N) is 1. The van der Waals surface area contributed by atoms with E-state index in [0.29, 0.717) is 23.7 Å². The minimum atomic E-state index is -4.22. The molecule has 0 bridgehead atoms. The topological polar surface area (TPSA) is 104 Å². The first-order valence-corrected chi connectivity index (χ1v) is 10.6. The van der Waals surface area contributed by atoms with Crippen molar-refractivity contribution in [2.75, 3.05) is 4.90 Å². The Bertz CT molecular complexity index is 1100. The molecule has 0 saturated carbocycles. The molecular formula is C20H20F2N2O5S. The standard InChI is InChI=1S/C20H20F2N2O5S/c1-11-5-14-8-17(3-4-19(14)24(11)12(2)25)30(28,29)23-18(10-20(26)27)13-6-15(21)9-16(22)7-13/h3-4,6-9,11,18,23H,5,10H2,1-2H3,(H,26,27)/t11-,18+/m1/s1. The van der Waals surface area contributed by atoms with E-state index in [0.717, 1.165) is 12.1 Å². The van der Waals surface area contributed by atoms with Crippen LogP contribution in [0.2, 0.25) is 0 Å². The summed E-state index contributed by atoms with van der Waals surface area (Å²) in [5, 5.41) is 9.13. The molecule has 2 aromatic carbocycles. The molecule has 30 heavy (non-hydrogen) atoms. The van der Waals surface area contributed by atoms with Gasteiger partial charge < -0.3 is 10.0 Å². The van der Waals surface area contributed by atoms with Crippen LogP contribution >= 0.6 is 0 Å². The Labute approximate surface area is 172 Å². The molecule has 0 radical (unpaired) electrons. The maximum atomic E-state index is 13.6. The van der Waals surface area contributed by atoms with Gasteiger partial charge in [-0.1, -0.05) is 0 Å². The van der Waals surface area contributed by atoms with Crippen LogP contribution in [0, 0.1) is 11.6 Å². The molecule has 0 fully saturated rings. The summed E-state index contributed by atoms with van der Waals surface area (Å²) in [5.41, 5.74) is 1.13. The Balaban J connectivity index is 1.95. The Hall–Kier alpha value is -2.85. The van der Waals surface area contributed by atoms with Crippen LogP contribution in [0.1, 0.15) is 37.4 Å². The van der Waals surface area contributed by atoms with Crippen molar-refractivity contribution < 1.29 is 31.9 Å². The van der Waals surface area contributed by atoms with Gasteiger partial charge in [0.05, 0.1) is 17.4 Å². The fourth-order valence-corrected chi connectivity index (χ4v) is 4.96. The number of carbonyl (C=O) groups is 2. The highest BCUT2D eigenvalue weighted by molar-refractivity contribution is 7.89. The normalized spacial score (nSPS) is 16.9. The number of amides is 1. The fourth-order valence-electron chi connectivity index (χ4n) is 3.69. The lowest BCUT2D eigenvalue weighted by atomic mass is 10.0. The quantitative estimate of drug-likeness (QED) is 0.722. The summed E-state index contributed by atoms with van der Waals surface area (Å²) >= 11 is 0. The molecule has 1 aliphatic rings. The molecule has 0 saturated heterocycles. The van der Waals surface area contributed by atoms with Gasteiger partial charge in [-0.2, -0.15) is 0 Å². The van der Waals surface area contributed by atoms with E-state index in [4.69, 9.17) is 5.11 Å². The highest BCUT2D eigenvalue weighted by atomic mass is 32.2. The number of anilines is 1. The van der Waals surface area contributed by atoms with Crippen LogP contribution in [0.15, 0.2) is 41.3 Å². The van der Waals surface area contributed by atoms with Crippen LogP contribution < -0.4 is 9.62 Å². The van der Waals surface area contributed by atoms with Crippen molar-refractivity contribution in [2.24, 2.45) is 0 Å². The average molecular weight is 438 g/mol. The molecule has 0 aliphatic carbocycles. The largest absolute Gasteiger partial charge is 0.481 e. The summed E-state index contributed by atoms with van der Waals surface area (Å²) in [5.74, 6) is -3.40. The Kier molecular flexibility index (Phi) is 5.91. The van der Waals surface area contributed by atoms with E-state index < -0.39 is 40.1 Å². The number of carboxylic acids is 1. The van der Waals surface area contributed by atoms with Gasteiger partial charge in [0.1, 0.15) is 11.6 Å². The average Bonchev–Trinajstić information content (AvgIpc) is 2.94. The maximum Gasteiger partial charge on any atom is 0.305 e. The molecule has 2 atom stereocenters. The first kappa shape index (κ1) is 21.8. The summed E-state index contributed by atoms with van der Waals surface area (Å²) < 4.78 is 55.2. The number of rotatable bonds is 6. The second-order valence-electron chi connectivity index (χ2n) is 7.21. The van der Waals surface area contributed by atoms with Crippen molar-refractivity contribution in [2.45, 2.75) is 43.7 Å². The molecule has 10 heteroatoms. The highest BCUT2D eigenvalue weighted by Gasteiger charge is 2.31. The number of nitrogens with one attached hydrogen (secondary N) is 1. The maximum absolute atomic E-state index is 13.6. The number of carbonyl (C=O) groups excluding carboxylic acids is 1. The number of benzene rings is 2. The molecule has 1 amide bonds. The van der Waals surface area contributed by atoms with E-state index in [2.05, 4.69) is 4.72 Å². The third-order valence-electron chi connectivity index (χ3n) is 4.88. The van der Waals surface area contributed by atoms with Gasteiger partial charge in [-0.05, 0) is 54.8 Å². The Morgan fingerprint density at radius 2 is 1.83 bits per heavy atom. The predicted molar refractivity (Wildman–Crippen MR) is 104 cm³/mol. The molecule has 7 nitrogen and oxygen atoms in total. The van der Waals surface area contributed by atoms with E-state index in [1.165, 1.54) is 25.1 Å². The van der Waals surface area contributed by atoms with Crippen LogP contribution in [0.5, 0.6) is 0 Å². The second-order valence-corrected chi connectivity index (χ2v) is 8.92. The number of hydrogen-bond donors (Lipinski definition) is 2. The lowest BCUT2D eigenvalue weighted by molar-refractivity contribution is -0.137. The number of halogens is 2. The van der Waals surface area contributed by atoms with E-state index in [1.54, 1.807) is 4.90 Å². The summed E-state index contributed by atoms with van der Waals surface area (Å²) in [4.78, 5) is 24.5. The van der Waals surface area contributed by atoms with Gasteiger partial charge in [0.2, 0.25) is 15.9 Å². The number of hydrogen-bond acceptors (Lipinski definition) is 4. The van der Waals surface area contributed by atoms with Crippen molar-refractivity contribution in [3.05, 3.63) is 59.2 Å². The summed E-state index contributed by atoms with van der Waals surface area (Å²) in [6.45, 7) is 3.27. The molecule has 1 heterocycles.